The van der Waals surface area contributed by atoms with Gasteiger partial charge in [-0.15, -0.1) is 0 Å². The van der Waals surface area contributed by atoms with Gasteiger partial charge in [0.05, 0.1) is 0 Å². The Balaban J connectivity index is 3.18. The highest BCUT2D eigenvalue weighted by atomic mass is 16.7. The molecule has 0 aliphatic heterocycles. The summed E-state index contributed by atoms with van der Waals surface area (Å²) in [5.74, 6) is -0.412. The minimum Gasteiger partial charge on any atom is -0.462 e. The fourth-order valence-corrected chi connectivity index (χ4v) is 0.417. The van der Waals surface area contributed by atoms with Crippen LogP contribution in [-0.2, 0) is 14.4 Å². The second-order valence-electron chi connectivity index (χ2n) is 2.01. The van der Waals surface area contributed by atoms with Crippen molar-refractivity contribution in [2.45, 2.75) is 13.0 Å². The van der Waals surface area contributed by atoms with E-state index in [0.29, 0.717) is 6.61 Å². The molecule has 0 aromatic rings. The molecule has 1 atom stereocenters. The van der Waals surface area contributed by atoms with Gasteiger partial charge in [0, 0.05) is 7.05 Å². The van der Waals surface area contributed by atoms with E-state index in [4.69, 9.17) is 10.6 Å². The van der Waals surface area contributed by atoms with Gasteiger partial charge in [-0.1, -0.05) is 0 Å². The van der Waals surface area contributed by atoms with E-state index in [1.54, 1.807) is 14.0 Å². The summed E-state index contributed by atoms with van der Waals surface area (Å²) in [4.78, 5) is 15.4. The Hall–Kier alpha value is -0.650. The molecule has 0 aromatic carbocycles. The van der Waals surface area contributed by atoms with Crippen LogP contribution in [0.25, 0.3) is 0 Å². The van der Waals surface area contributed by atoms with Crippen LogP contribution < -0.4 is 11.2 Å². The summed E-state index contributed by atoms with van der Waals surface area (Å²) in [6.45, 7) is 2.12. The Morgan fingerprint density at radius 3 is 2.73 bits per heavy atom. The van der Waals surface area contributed by atoms with Crippen LogP contribution in [0.3, 0.4) is 0 Å². The van der Waals surface area contributed by atoms with E-state index < -0.39 is 12.0 Å². The minimum absolute atomic E-state index is 0.223. The first-order chi connectivity index (χ1) is 5.18. The summed E-state index contributed by atoms with van der Waals surface area (Å²) in [5, 5.41) is 0. The van der Waals surface area contributed by atoms with E-state index in [1.807, 2.05) is 0 Å². The van der Waals surface area contributed by atoms with Crippen LogP contribution in [0.5, 0.6) is 0 Å². The van der Waals surface area contributed by atoms with Gasteiger partial charge in [-0.25, -0.2) is 5.48 Å². The maximum atomic E-state index is 10.7. The zero-order valence-electron chi connectivity index (χ0n) is 6.79. The molecule has 0 amide bonds. The Bertz CT molecular complexity index is 116. The number of rotatable bonds is 5. The third-order valence-corrected chi connectivity index (χ3v) is 0.946. The topological polar surface area (TPSA) is 73.6 Å². The van der Waals surface area contributed by atoms with Crippen LogP contribution in [0.1, 0.15) is 6.92 Å². The smallest absolute Gasteiger partial charge is 0.322 e. The lowest BCUT2D eigenvalue weighted by atomic mass is 10.4. The lowest BCUT2D eigenvalue weighted by Crippen LogP contribution is -2.30. The van der Waals surface area contributed by atoms with Gasteiger partial charge >= 0.3 is 5.97 Å². The molecule has 5 heteroatoms. The van der Waals surface area contributed by atoms with Crippen molar-refractivity contribution in [1.29, 1.82) is 0 Å². The Kier molecular flexibility index (Phi) is 5.73. The second-order valence-corrected chi connectivity index (χ2v) is 2.01. The van der Waals surface area contributed by atoms with E-state index in [9.17, 15) is 4.79 Å². The molecule has 0 rings (SSSR count). The third-order valence-electron chi connectivity index (χ3n) is 0.946. The molecule has 66 valence electrons. The fraction of sp³-hybridized carbons (Fsp3) is 0.833. The van der Waals surface area contributed by atoms with Crippen molar-refractivity contribution in [3.05, 3.63) is 0 Å². The first-order valence-electron chi connectivity index (χ1n) is 3.39. The Labute approximate surface area is 65.8 Å². The van der Waals surface area contributed by atoms with Crippen LogP contribution in [0, 0.1) is 0 Å². The number of nitrogens with two attached hydrogens (primary N) is 1. The molecule has 11 heavy (non-hydrogen) atoms. The number of carbonyl (C=O) groups is 1. The highest BCUT2D eigenvalue weighted by molar-refractivity contribution is 5.74. The molecular weight excluding hydrogens is 148 g/mol. The molecule has 3 N–H and O–H groups in total. The molecule has 0 spiro atoms. The summed E-state index contributed by atoms with van der Waals surface area (Å²) in [6, 6.07) is -0.565. The van der Waals surface area contributed by atoms with Crippen LogP contribution in [0.2, 0.25) is 0 Å². The molecule has 0 saturated heterocycles. The largest absolute Gasteiger partial charge is 0.462 e. The lowest BCUT2D eigenvalue weighted by molar-refractivity contribution is -0.147. The average molecular weight is 162 g/mol. The number of esters is 1. The molecule has 5 nitrogen and oxygen atoms in total. The molecular formula is C6H14N2O3. The maximum Gasteiger partial charge on any atom is 0.322 e. The normalized spacial score (nSPS) is 12.6. The van der Waals surface area contributed by atoms with Crippen molar-refractivity contribution >= 4 is 5.97 Å². The molecule has 0 aromatic heterocycles. The van der Waals surface area contributed by atoms with Gasteiger partial charge in [0.25, 0.3) is 0 Å². The van der Waals surface area contributed by atoms with Crippen molar-refractivity contribution in [3.63, 3.8) is 0 Å². The highest BCUT2D eigenvalue weighted by Gasteiger charge is 2.07. The quantitative estimate of drug-likeness (QED) is 0.309. The molecule has 0 radical (unpaired) electrons. The highest BCUT2D eigenvalue weighted by Crippen LogP contribution is 1.83. The van der Waals surface area contributed by atoms with E-state index in [-0.39, 0.29) is 6.61 Å². The third kappa shape index (κ3) is 5.78. The Morgan fingerprint density at radius 2 is 2.27 bits per heavy atom. The van der Waals surface area contributed by atoms with E-state index in [0.717, 1.165) is 0 Å². The fourth-order valence-electron chi connectivity index (χ4n) is 0.417. The standard InChI is InChI=1S/C6H14N2O3/c1-5(7)6(9)10-3-4-11-8-2/h5,8H,3-4,7H2,1-2H3/t5-/m0/s1. The molecule has 0 fully saturated rings. The van der Waals surface area contributed by atoms with E-state index in [1.165, 1.54) is 0 Å². The van der Waals surface area contributed by atoms with E-state index in [2.05, 4.69) is 10.2 Å². The number of nitrogens with one attached hydrogen (secondary N) is 1. The molecule has 0 bridgehead atoms. The minimum atomic E-state index is -0.565. The van der Waals surface area contributed by atoms with Crippen LogP contribution in [0.4, 0.5) is 0 Å². The average Bonchev–Trinajstić information content (AvgIpc) is 1.97. The Morgan fingerprint density at radius 1 is 1.64 bits per heavy atom. The lowest BCUT2D eigenvalue weighted by Gasteiger charge is -2.06. The van der Waals surface area contributed by atoms with E-state index >= 15 is 0 Å². The summed E-state index contributed by atoms with van der Waals surface area (Å²) in [7, 11) is 1.63. The van der Waals surface area contributed by atoms with Crippen molar-refractivity contribution in [3.8, 4) is 0 Å². The van der Waals surface area contributed by atoms with Crippen LogP contribution in [0.15, 0.2) is 0 Å². The van der Waals surface area contributed by atoms with Crippen molar-refractivity contribution in [2.75, 3.05) is 20.3 Å². The molecule has 0 aliphatic rings. The number of carbonyl (C=O) groups excluding carboxylic acids is 1. The maximum absolute atomic E-state index is 10.7. The number of ether oxygens (including phenoxy) is 1. The molecule has 0 unspecified atom stereocenters. The zero-order chi connectivity index (χ0) is 8.69. The molecule has 0 aliphatic carbocycles. The second kappa shape index (κ2) is 6.09. The van der Waals surface area contributed by atoms with Crippen molar-refractivity contribution in [1.82, 2.24) is 5.48 Å². The van der Waals surface area contributed by atoms with Gasteiger partial charge in [-0.05, 0) is 6.92 Å². The monoisotopic (exact) mass is 162 g/mol. The summed E-state index contributed by atoms with van der Waals surface area (Å²) < 4.78 is 4.68. The van der Waals surface area contributed by atoms with Gasteiger partial charge in [-0.3, -0.25) is 9.63 Å². The number of hydrogen-bond donors (Lipinski definition) is 2. The number of hydroxylamine groups is 1. The zero-order valence-corrected chi connectivity index (χ0v) is 6.79. The van der Waals surface area contributed by atoms with Gasteiger partial charge in [0.15, 0.2) is 0 Å². The number of hydrogen-bond acceptors (Lipinski definition) is 5. The van der Waals surface area contributed by atoms with Crippen molar-refractivity contribution in [2.24, 2.45) is 5.73 Å². The first kappa shape index (κ1) is 10.3. The van der Waals surface area contributed by atoms with Gasteiger partial charge in [-0.2, -0.15) is 0 Å². The SMILES string of the molecule is CNOCCOC(=O)[C@H](C)N. The van der Waals surface area contributed by atoms with Crippen molar-refractivity contribution < 1.29 is 14.4 Å². The summed E-state index contributed by atoms with van der Waals surface area (Å²) in [5.41, 5.74) is 7.67. The van der Waals surface area contributed by atoms with Gasteiger partial charge in [0.2, 0.25) is 0 Å². The summed E-state index contributed by atoms with van der Waals surface area (Å²) in [6.07, 6.45) is 0. The van der Waals surface area contributed by atoms with Crippen LogP contribution >= 0.6 is 0 Å². The predicted octanol–water partition coefficient (Wildman–Crippen LogP) is -0.972. The summed E-state index contributed by atoms with van der Waals surface area (Å²) >= 11 is 0. The molecule has 0 heterocycles. The van der Waals surface area contributed by atoms with Gasteiger partial charge < -0.3 is 10.5 Å². The van der Waals surface area contributed by atoms with Crippen LogP contribution in [-0.4, -0.2) is 32.3 Å². The first-order valence-corrected chi connectivity index (χ1v) is 3.39. The predicted molar refractivity (Wildman–Crippen MR) is 39.6 cm³/mol. The van der Waals surface area contributed by atoms with Gasteiger partial charge in [0.1, 0.15) is 19.3 Å². The molecule has 0 saturated carbocycles.